The van der Waals surface area contributed by atoms with Crippen molar-refractivity contribution in [2.75, 3.05) is 5.73 Å². The van der Waals surface area contributed by atoms with E-state index in [0.717, 1.165) is 33.9 Å². The van der Waals surface area contributed by atoms with Crippen LogP contribution in [0.15, 0.2) is 30.7 Å². The van der Waals surface area contributed by atoms with Crippen molar-refractivity contribution < 1.29 is 0 Å². The Labute approximate surface area is 92.7 Å². The lowest BCUT2D eigenvalue weighted by molar-refractivity contribution is 0.685. The summed E-state index contributed by atoms with van der Waals surface area (Å²) in [6.45, 7) is 2.88. The maximum Gasteiger partial charge on any atom is 0.0918 e. The molecular weight excluding hydrogens is 200 g/mol. The molecule has 4 nitrogen and oxygen atoms in total. The van der Waals surface area contributed by atoms with Crippen LogP contribution in [0.5, 0.6) is 0 Å². The monoisotopic (exact) mass is 212 g/mol. The van der Waals surface area contributed by atoms with Gasteiger partial charge in [-0.1, -0.05) is 0 Å². The van der Waals surface area contributed by atoms with Crippen LogP contribution in [0.3, 0.4) is 0 Å². The Hall–Kier alpha value is -2.10. The standard InChI is InChI=1S/C12H12N4/c1-2-16-12-9(7-15-16)5-8-6-14-4-3-10(8)11(12)13/h3-7H,2,13H2,1H3. The smallest absolute Gasteiger partial charge is 0.0918 e. The summed E-state index contributed by atoms with van der Waals surface area (Å²) in [5, 5.41) is 7.48. The molecule has 2 N–H and O–H groups in total. The Balaban J connectivity index is 2.54. The number of hydrogen-bond acceptors (Lipinski definition) is 3. The molecule has 0 unspecified atom stereocenters. The van der Waals surface area contributed by atoms with Crippen molar-refractivity contribution in [3.8, 4) is 0 Å². The van der Waals surface area contributed by atoms with Crippen LogP contribution in [0, 0.1) is 0 Å². The highest BCUT2D eigenvalue weighted by Gasteiger charge is 2.09. The number of aromatic nitrogens is 3. The molecule has 0 aliphatic rings. The van der Waals surface area contributed by atoms with Crippen molar-refractivity contribution in [1.82, 2.24) is 14.8 Å². The number of hydrogen-bond donors (Lipinski definition) is 1. The van der Waals surface area contributed by atoms with Gasteiger partial charge in [0.1, 0.15) is 0 Å². The van der Waals surface area contributed by atoms with Crippen LogP contribution in [0.2, 0.25) is 0 Å². The summed E-state index contributed by atoms with van der Waals surface area (Å²) in [6, 6.07) is 4.02. The molecule has 0 aliphatic heterocycles. The zero-order valence-corrected chi connectivity index (χ0v) is 9.01. The number of fused-ring (bicyclic) bond motifs is 2. The van der Waals surface area contributed by atoms with Crippen molar-refractivity contribution in [2.24, 2.45) is 0 Å². The Morgan fingerprint density at radius 2 is 2.19 bits per heavy atom. The molecular formula is C12H12N4. The molecule has 2 heterocycles. The number of rotatable bonds is 1. The van der Waals surface area contributed by atoms with Crippen molar-refractivity contribution >= 4 is 27.4 Å². The third kappa shape index (κ3) is 1.10. The number of nitrogens with two attached hydrogens (primary N) is 1. The van der Waals surface area contributed by atoms with E-state index in [1.165, 1.54) is 0 Å². The van der Waals surface area contributed by atoms with Crippen LogP contribution < -0.4 is 5.73 Å². The molecule has 0 saturated carbocycles. The van der Waals surface area contributed by atoms with E-state index in [1.807, 2.05) is 23.1 Å². The fourth-order valence-corrected chi connectivity index (χ4v) is 2.10. The van der Waals surface area contributed by atoms with Crippen LogP contribution in [0.25, 0.3) is 21.7 Å². The van der Waals surface area contributed by atoms with Gasteiger partial charge in [0, 0.05) is 35.1 Å². The number of pyridine rings is 1. The summed E-state index contributed by atoms with van der Waals surface area (Å²) in [5.41, 5.74) is 7.99. The summed E-state index contributed by atoms with van der Waals surface area (Å²) in [6.07, 6.45) is 5.44. The van der Waals surface area contributed by atoms with Gasteiger partial charge in [-0.3, -0.25) is 9.67 Å². The predicted molar refractivity (Wildman–Crippen MR) is 65.1 cm³/mol. The molecule has 80 valence electrons. The second-order valence-electron chi connectivity index (χ2n) is 3.79. The van der Waals surface area contributed by atoms with E-state index < -0.39 is 0 Å². The summed E-state index contributed by atoms with van der Waals surface area (Å²) in [7, 11) is 0. The molecule has 4 heteroatoms. The van der Waals surface area contributed by atoms with E-state index in [2.05, 4.69) is 23.1 Å². The largest absolute Gasteiger partial charge is 0.396 e. The van der Waals surface area contributed by atoms with Crippen LogP contribution in [-0.2, 0) is 6.54 Å². The van der Waals surface area contributed by atoms with Gasteiger partial charge < -0.3 is 5.73 Å². The minimum absolute atomic E-state index is 0.786. The molecule has 0 amide bonds. The molecule has 0 atom stereocenters. The highest BCUT2D eigenvalue weighted by atomic mass is 15.3. The molecule has 0 spiro atoms. The molecule has 0 aliphatic carbocycles. The Morgan fingerprint density at radius 1 is 1.31 bits per heavy atom. The van der Waals surface area contributed by atoms with Gasteiger partial charge in [0.25, 0.3) is 0 Å². The molecule has 3 rings (SSSR count). The molecule has 0 saturated heterocycles. The summed E-state index contributed by atoms with van der Waals surface area (Å²) < 4.78 is 1.92. The van der Waals surface area contributed by atoms with Gasteiger partial charge in [0.2, 0.25) is 0 Å². The van der Waals surface area contributed by atoms with E-state index >= 15 is 0 Å². The van der Waals surface area contributed by atoms with Gasteiger partial charge in [0.15, 0.2) is 0 Å². The fraction of sp³-hybridized carbons (Fsp3) is 0.167. The highest BCUT2D eigenvalue weighted by molar-refractivity contribution is 6.08. The van der Waals surface area contributed by atoms with E-state index in [9.17, 15) is 0 Å². The Morgan fingerprint density at radius 3 is 3.00 bits per heavy atom. The van der Waals surface area contributed by atoms with E-state index in [-0.39, 0.29) is 0 Å². The van der Waals surface area contributed by atoms with Crippen molar-refractivity contribution in [3.05, 3.63) is 30.7 Å². The van der Waals surface area contributed by atoms with Gasteiger partial charge >= 0.3 is 0 Å². The maximum atomic E-state index is 6.19. The molecule has 1 aromatic carbocycles. The first-order valence-electron chi connectivity index (χ1n) is 5.29. The average molecular weight is 212 g/mol. The topological polar surface area (TPSA) is 56.7 Å². The Bertz CT molecular complexity index is 669. The van der Waals surface area contributed by atoms with E-state index in [0.29, 0.717) is 0 Å². The number of aryl methyl sites for hydroxylation is 1. The molecule has 0 bridgehead atoms. The third-order valence-electron chi connectivity index (χ3n) is 2.88. The van der Waals surface area contributed by atoms with Crippen molar-refractivity contribution in [1.29, 1.82) is 0 Å². The quantitative estimate of drug-likeness (QED) is 0.629. The zero-order valence-electron chi connectivity index (χ0n) is 9.01. The van der Waals surface area contributed by atoms with Crippen LogP contribution in [0.1, 0.15) is 6.92 Å². The number of nitrogen functional groups attached to an aromatic ring is 1. The molecule has 2 aromatic heterocycles. The number of nitrogens with zero attached hydrogens (tertiary/aromatic N) is 3. The fourth-order valence-electron chi connectivity index (χ4n) is 2.10. The minimum Gasteiger partial charge on any atom is -0.396 e. The second-order valence-corrected chi connectivity index (χ2v) is 3.79. The molecule has 16 heavy (non-hydrogen) atoms. The minimum atomic E-state index is 0.786. The summed E-state index contributed by atoms with van der Waals surface area (Å²) in [5.74, 6) is 0. The number of benzene rings is 1. The van der Waals surface area contributed by atoms with Crippen LogP contribution in [-0.4, -0.2) is 14.8 Å². The number of anilines is 1. The van der Waals surface area contributed by atoms with Crippen molar-refractivity contribution in [3.63, 3.8) is 0 Å². The lowest BCUT2D eigenvalue weighted by Crippen LogP contribution is -1.99. The first-order valence-corrected chi connectivity index (χ1v) is 5.29. The first kappa shape index (κ1) is 9.15. The zero-order chi connectivity index (χ0) is 11.1. The average Bonchev–Trinajstić information content (AvgIpc) is 2.72. The van der Waals surface area contributed by atoms with Gasteiger partial charge in [-0.05, 0) is 19.1 Å². The van der Waals surface area contributed by atoms with E-state index in [4.69, 9.17) is 5.73 Å². The highest BCUT2D eigenvalue weighted by Crippen LogP contribution is 2.29. The van der Waals surface area contributed by atoms with Crippen molar-refractivity contribution in [2.45, 2.75) is 13.5 Å². The Kier molecular flexibility index (Phi) is 1.83. The lowest BCUT2D eigenvalue weighted by Gasteiger charge is -2.06. The van der Waals surface area contributed by atoms with Gasteiger partial charge in [0.05, 0.1) is 17.4 Å². The first-order chi connectivity index (χ1) is 7.81. The molecule has 0 fully saturated rings. The predicted octanol–water partition coefficient (Wildman–Crippen LogP) is 2.19. The lowest BCUT2D eigenvalue weighted by atomic mass is 10.1. The van der Waals surface area contributed by atoms with Crippen LogP contribution >= 0.6 is 0 Å². The van der Waals surface area contributed by atoms with Gasteiger partial charge in [-0.25, -0.2) is 0 Å². The van der Waals surface area contributed by atoms with Gasteiger partial charge in [-0.2, -0.15) is 5.10 Å². The molecule has 0 radical (unpaired) electrons. The van der Waals surface area contributed by atoms with Crippen LogP contribution in [0.4, 0.5) is 5.69 Å². The summed E-state index contributed by atoms with van der Waals surface area (Å²) >= 11 is 0. The normalized spacial score (nSPS) is 11.3. The second kappa shape index (κ2) is 3.20. The third-order valence-corrected chi connectivity index (χ3v) is 2.88. The molecule has 3 aromatic rings. The van der Waals surface area contributed by atoms with E-state index in [1.54, 1.807) is 6.20 Å². The summed E-state index contributed by atoms with van der Waals surface area (Å²) in [4.78, 5) is 4.10. The van der Waals surface area contributed by atoms with Gasteiger partial charge in [-0.15, -0.1) is 0 Å². The SMILES string of the molecule is CCn1ncc2cc3cnccc3c(N)c21. The maximum absolute atomic E-state index is 6.19.